The van der Waals surface area contributed by atoms with E-state index >= 15 is 0 Å². The minimum atomic E-state index is -0.771. The number of aliphatic carboxylic acids is 2. The normalized spacial score (nSPS) is 31.0. The summed E-state index contributed by atoms with van der Waals surface area (Å²) in [5.74, 6) is -0.950. The lowest BCUT2D eigenvalue weighted by atomic mass is 9.73. The Labute approximate surface area is 205 Å². The van der Waals surface area contributed by atoms with Gasteiger partial charge in [-0.15, -0.1) is 0 Å². The molecule has 2 aliphatic rings. The number of carboxylic acid groups (broad SMARTS) is 2. The summed E-state index contributed by atoms with van der Waals surface area (Å²) in [6.07, 6.45) is 14.0. The van der Waals surface area contributed by atoms with Gasteiger partial charge in [-0.25, -0.2) is 0 Å². The van der Waals surface area contributed by atoms with Crippen LogP contribution in [0.5, 0.6) is 0 Å². The highest BCUT2D eigenvalue weighted by molar-refractivity contribution is 5.73. The van der Waals surface area contributed by atoms with Gasteiger partial charge in [0.25, 0.3) is 0 Å². The van der Waals surface area contributed by atoms with Crippen LogP contribution in [0.3, 0.4) is 0 Å². The maximum atomic E-state index is 11.3. The van der Waals surface area contributed by atoms with E-state index in [1.54, 1.807) is 27.7 Å². The Kier molecular flexibility index (Phi) is 10.6. The predicted molar refractivity (Wildman–Crippen MR) is 133 cm³/mol. The Morgan fingerprint density at radius 2 is 1.06 bits per heavy atom. The molecule has 2 aliphatic carbocycles. The first-order valence-electron chi connectivity index (χ1n) is 13.4. The van der Waals surface area contributed by atoms with Crippen molar-refractivity contribution in [3.05, 3.63) is 12.2 Å². The molecule has 6 unspecified atom stereocenters. The topological polar surface area (TPSA) is 115 Å². The molecular weight excluding hydrogens is 432 g/mol. The van der Waals surface area contributed by atoms with Crippen molar-refractivity contribution in [2.75, 3.05) is 0 Å². The van der Waals surface area contributed by atoms with Crippen molar-refractivity contribution < 1.29 is 30.0 Å². The van der Waals surface area contributed by atoms with Gasteiger partial charge < -0.3 is 20.4 Å². The Bertz CT molecular complexity index is 639. The zero-order chi connectivity index (χ0) is 25.5. The number of carboxylic acids is 2. The largest absolute Gasteiger partial charge is 0.481 e. The fraction of sp³-hybridized carbons (Fsp3) is 0.857. The highest BCUT2D eigenvalue weighted by Gasteiger charge is 2.34. The fourth-order valence-electron chi connectivity index (χ4n) is 5.78. The average Bonchev–Trinajstić information content (AvgIpc) is 2.75. The molecule has 0 heterocycles. The van der Waals surface area contributed by atoms with Gasteiger partial charge in [-0.3, -0.25) is 9.59 Å². The van der Waals surface area contributed by atoms with Crippen molar-refractivity contribution in [3.63, 3.8) is 0 Å². The van der Waals surface area contributed by atoms with Gasteiger partial charge in [0.15, 0.2) is 0 Å². The van der Waals surface area contributed by atoms with Crippen LogP contribution < -0.4 is 0 Å². The van der Waals surface area contributed by atoms with E-state index in [9.17, 15) is 30.0 Å². The van der Waals surface area contributed by atoms with E-state index in [1.807, 2.05) is 0 Å². The van der Waals surface area contributed by atoms with Crippen LogP contribution in [-0.2, 0) is 9.59 Å². The zero-order valence-electron chi connectivity index (χ0n) is 21.7. The minimum absolute atomic E-state index is 0.0928. The Balaban J connectivity index is 1.85. The van der Waals surface area contributed by atoms with Gasteiger partial charge in [-0.2, -0.15) is 0 Å². The van der Waals surface area contributed by atoms with Gasteiger partial charge in [0, 0.05) is 11.8 Å². The molecule has 0 aromatic heterocycles. The molecule has 0 spiro atoms. The third-order valence-electron chi connectivity index (χ3n) is 8.58. The van der Waals surface area contributed by atoms with Crippen LogP contribution in [0.2, 0.25) is 0 Å². The summed E-state index contributed by atoms with van der Waals surface area (Å²) in [6, 6.07) is 0. The molecule has 0 aromatic carbocycles. The SMILES string of the molecule is CC(C)(CCCC1CCCC(C=CC2CCCC(CCCC(C)(C)C(=O)O)C2O)C1O)C(=O)O. The Morgan fingerprint density at radius 3 is 1.38 bits per heavy atom. The molecule has 196 valence electrons. The maximum Gasteiger partial charge on any atom is 0.309 e. The fourth-order valence-corrected chi connectivity index (χ4v) is 5.78. The van der Waals surface area contributed by atoms with Gasteiger partial charge in [-0.05, 0) is 90.9 Å². The molecule has 0 bridgehead atoms. The summed E-state index contributed by atoms with van der Waals surface area (Å²) >= 11 is 0. The smallest absolute Gasteiger partial charge is 0.309 e. The van der Waals surface area contributed by atoms with Crippen molar-refractivity contribution in [2.24, 2.45) is 34.5 Å². The highest BCUT2D eigenvalue weighted by Crippen LogP contribution is 2.38. The van der Waals surface area contributed by atoms with Crippen LogP contribution in [0.1, 0.15) is 105 Å². The lowest BCUT2D eigenvalue weighted by Gasteiger charge is -2.36. The van der Waals surface area contributed by atoms with E-state index in [2.05, 4.69) is 12.2 Å². The first kappa shape index (κ1) is 28.8. The highest BCUT2D eigenvalue weighted by atomic mass is 16.4. The third kappa shape index (κ3) is 8.08. The van der Waals surface area contributed by atoms with Crippen molar-refractivity contribution in [1.29, 1.82) is 0 Å². The van der Waals surface area contributed by atoms with E-state index in [1.165, 1.54) is 0 Å². The summed E-state index contributed by atoms with van der Waals surface area (Å²) < 4.78 is 0. The average molecular weight is 481 g/mol. The zero-order valence-corrected chi connectivity index (χ0v) is 21.7. The molecule has 6 nitrogen and oxygen atoms in total. The molecule has 0 aromatic rings. The number of hydrogen-bond donors (Lipinski definition) is 4. The number of aliphatic hydroxyl groups excluding tert-OH is 2. The first-order valence-corrected chi connectivity index (χ1v) is 13.4. The minimum Gasteiger partial charge on any atom is -0.481 e. The van der Waals surface area contributed by atoms with Crippen molar-refractivity contribution >= 4 is 11.9 Å². The maximum absolute atomic E-state index is 11.3. The molecule has 0 radical (unpaired) electrons. The van der Waals surface area contributed by atoms with E-state index in [-0.39, 0.29) is 23.7 Å². The second-order valence-corrected chi connectivity index (χ2v) is 12.2. The van der Waals surface area contributed by atoms with Crippen molar-refractivity contribution in [2.45, 2.75) is 117 Å². The third-order valence-corrected chi connectivity index (χ3v) is 8.58. The van der Waals surface area contributed by atoms with Crippen LogP contribution in [0.25, 0.3) is 0 Å². The molecule has 6 heteroatoms. The standard InChI is InChI=1S/C28H48O6/c1-27(2,25(31)32)17-7-13-19-9-5-11-21(23(19)29)15-16-22-12-6-10-20(24(22)30)14-8-18-28(3,4)26(33)34/h15-16,19-24,29-30H,5-14,17-18H2,1-4H3,(H,31,32)(H,33,34). The molecule has 4 N–H and O–H groups in total. The van der Waals surface area contributed by atoms with Gasteiger partial charge in [0.2, 0.25) is 0 Å². The number of rotatable bonds is 12. The molecule has 0 saturated heterocycles. The van der Waals surface area contributed by atoms with E-state index in [0.717, 1.165) is 64.2 Å². The summed E-state index contributed by atoms with van der Waals surface area (Å²) in [7, 11) is 0. The summed E-state index contributed by atoms with van der Waals surface area (Å²) in [4.78, 5) is 22.7. The molecule has 34 heavy (non-hydrogen) atoms. The van der Waals surface area contributed by atoms with Crippen LogP contribution in [0.4, 0.5) is 0 Å². The van der Waals surface area contributed by atoms with Crippen LogP contribution in [0, 0.1) is 34.5 Å². The summed E-state index contributed by atoms with van der Waals surface area (Å²) in [5, 5.41) is 40.6. The molecule has 2 fully saturated rings. The second-order valence-electron chi connectivity index (χ2n) is 12.2. The van der Waals surface area contributed by atoms with Gasteiger partial charge in [0.05, 0.1) is 23.0 Å². The monoisotopic (exact) mass is 480 g/mol. The predicted octanol–water partition coefficient (Wildman–Crippen LogP) is 5.66. The van der Waals surface area contributed by atoms with Gasteiger partial charge >= 0.3 is 11.9 Å². The second kappa shape index (κ2) is 12.5. The number of aliphatic hydroxyl groups is 2. The van der Waals surface area contributed by atoms with E-state index in [0.29, 0.717) is 12.8 Å². The van der Waals surface area contributed by atoms with Crippen LogP contribution in [-0.4, -0.2) is 44.6 Å². The molecule has 2 saturated carbocycles. The van der Waals surface area contributed by atoms with E-state index in [4.69, 9.17) is 0 Å². The molecule has 0 aliphatic heterocycles. The van der Waals surface area contributed by atoms with Crippen molar-refractivity contribution in [1.82, 2.24) is 0 Å². The lowest BCUT2D eigenvalue weighted by molar-refractivity contribution is -0.148. The van der Waals surface area contributed by atoms with Gasteiger partial charge in [-0.1, -0.05) is 37.8 Å². The molecule has 0 amide bonds. The Hall–Kier alpha value is -1.40. The number of carbonyl (C=O) groups is 2. The van der Waals surface area contributed by atoms with Gasteiger partial charge in [0.1, 0.15) is 0 Å². The molecular formula is C28H48O6. The molecule has 2 rings (SSSR count). The number of hydrogen-bond acceptors (Lipinski definition) is 4. The Morgan fingerprint density at radius 1 is 0.706 bits per heavy atom. The molecule has 6 atom stereocenters. The van der Waals surface area contributed by atoms with E-state index < -0.39 is 35.0 Å². The van der Waals surface area contributed by atoms with Crippen molar-refractivity contribution in [3.8, 4) is 0 Å². The summed E-state index contributed by atoms with van der Waals surface area (Å²) in [5.41, 5.74) is -1.45. The van der Waals surface area contributed by atoms with Crippen LogP contribution >= 0.6 is 0 Å². The lowest BCUT2D eigenvalue weighted by Crippen LogP contribution is -2.34. The van der Waals surface area contributed by atoms with Crippen LogP contribution in [0.15, 0.2) is 12.2 Å². The summed E-state index contributed by atoms with van der Waals surface area (Å²) in [6.45, 7) is 7.03. The quantitative estimate of drug-likeness (QED) is 0.268. The first-order chi connectivity index (χ1) is 15.8.